The van der Waals surface area contributed by atoms with Crippen LogP contribution in [0.2, 0.25) is 0 Å². The SMILES string of the molecule is CCCCCCCCCC(=O)OS(=O)(=O)CCO.[H-].[Na+]. The topological polar surface area (TPSA) is 80.7 Å². The molecule has 110 valence electrons. The van der Waals surface area contributed by atoms with E-state index in [4.69, 9.17) is 5.11 Å². The van der Waals surface area contributed by atoms with E-state index in [1.54, 1.807) is 0 Å². The van der Waals surface area contributed by atoms with Gasteiger partial charge in [0, 0.05) is 6.42 Å². The van der Waals surface area contributed by atoms with Gasteiger partial charge in [0.1, 0.15) is 5.75 Å². The van der Waals surface area contributed by atoms with Gasteiger partial charge in [0.05, 0.1) is 6.61 Å². The molecule has 0 saturated carbocycles. The Kier molecular flexibility index (Phi) is 15.2. The van der Waals surface area contributed by atoms with E-state index in [-0.39, 0.29) is 37.4 Å². The van der Waals surface area contributed by atoms with Gasteiger partial charge in [0.15, 0.2) is 0 Å². The average Bonchev–Trinajstić information content (AvgIpc) is 2.27. The maximum Gasteiger partial charge on any atom is 1.00 e. The first-order valence-corrected chi connectivity index (χ1v) is 8.15. The Morgan fingerprint density at radius 1 is 1.11 bits per heavy atom. The Morgan fingerprint density at radius 2 is 1.63 bits per heavy atom. The summed E-state index contributed by atoms with van der Waals surface area (Å²) < 4.78 is 26.4. The molecule has 0 saturated heterocycles. The normalized spacial score (nSPS) is 10.8. The van der Waals surface area contributed by atoms with Crippen LogP contribution in [0.25, 0.3) is 0 Å². The number of carbonyl (C=O) groups is 1. The Morgan fingerprint density at radius 3 is 2.16 bits per heavy atom. The maximum atomic E-state index is 11.2. The fraction of sp³-hybridized carbons (Fsp3) is 0.917. The van der Waals surface area contributed by atoms with Gasteiger partial charge in [-0.1, -0.05) is 45.4 Å². The molecule has 0 heterocycles. The summed E-state index contributed by atoms with van der Waals surface area (Å²) in [5.41, 5.74) is 0. The Balaban J connectivity index is -0.00000144. The predicted octanol–water partition coefficient (Wildman–Crippen LogP) is -0.891. The smallest absolute Gasteiger partial charge is 1.00 e. The van der Waals surface area contributed by atoms with E-state index >= 15 is 0 Å². The minimum Gasteiger partial charge on any atom is -1.00 e. The fourth-order valence-corrected chi connectivity index (χ4v) is 2.24. The molecule has 0 aliphatic rings. The third kappa shape index (κ3) is 14.6. The first-order valence-electron chi connectivity index (χ1n) is 6.57. The van der Waals surface area contributed by atoms with Crippen LogP contribution in [0.5, 0.6) is 0 Å². The molecule has 0 bridgehead atoms. The van der Waals surface area contributed by atoms with Crippen LogP contribution in [0.4, 0.5) is 0 Å². The van der Waals surface area contributed by atoms with Crippen LogP contribution < -0.4 is 29.6 Å². The molecule has 19 heavy (non-hydrogen) atoms. The summed E-state index contributed by atoms with van der Waals surface area (Å²) in [4.78, 5) is 11.2. The van der Waals surface area contributed by atoms with Crippen molar-refractivity contribution in [2.75, 3.05) is 12.4 Å². The van der Waals surface area contributed by atoms with Gasteiger partial charge in [-0.25, -0.2) is 0 Å². The summed E-state index contributed by atoms with van der Waals surface area (Å²) in [5, 5.41) is 8.46. The van der Waals surface area contributed by atoms with Gasteiger partial charge < -0.3 is 10.7 Å². The van der Waals surface area contributed by atoms with E-state index in [2.05, 4.69) is 11.1 Å². The predicted molar refractivity (Wildman–Crippen MR) is 70.7 cm³/mol. The zero-order valence-electron chi connectivity index (χ0n) is 13.1. The summed E-state index contributed by atoms with van der Waals surface area (Å²) in [7, 11) is -3.89. The molecule has 0 aromatic heterocycles. The van der Waals surface area contributed by atoms with Crippen molar-refractivity contribution in [3.05, 3.63) is 0 Å². The van der Waals surface area contributed by atoms with E-state index in [1.165, 1.54) is 19.3 Å². The van der Waals surface area contributed by atoms with Crippen molar-refractivity contribution in [2.45, 2.75) is 58.3 Å². The molecule has 0 atom stereocenters. The van der Waals surface area contributed by atoms with Crippen molar-refractivity contribution in [1.29, 1.82) is 0 Å². The number of unbranched alkanes of at least 4 members (excludes halogenated alkanes) is 6. The number of carbonyl (C=O) groups excluding carboxylic acids is 1. The Labute approximate surface area is 140 Å². The second-order valence-electron chi connectivity index (χ2n) is 4.31. The third-order valence-corrected chi connectivity index (χ3v) is 3.67. The second kappa shape index (κ2) is 13.4. The van der Waals surface area contributed by atoms with E-state index in [0.29, 0.717) is 6.42 Å². The molecule has 0 fully saturated rings. The van der Waals surface area contributed by atoms with Crippen molar-refractivity contribution < 1.29 is 53.5 Å². The minimum atomic E-state index is -3.89. The third-order valence-electron chi connectivity index (χ3n) is 2.55. The number of aliphatic hydroxyl groups excluding tert-OH is 1. The summed E-state index contributed by atoms with van der Waals surface area (Å²) in [6.45, 7) is 1.62. The van der Waals surface area contributed by atoms with Crippen LogP contribution in [0.1, 0.15) is 59.7 Å². The van der Waals surface area contributed by atoms with Crippen LogP contribution in [0.3, 0.4) is 0 Å². The number of hydrogen-bond acceptors (Lipinski definition) is 5. The van der Waals surface area contributed by atoms with E-state index < -0.39 is 28.4 Å². The summed E-state index contributed by atoms with van der Waals surface area (Å²) >= 11 is 0. The van der Waals surface area contributed by atoms with Crippen LogP contribution in [-0.4, -0.2) is 31.9 Å². The van der Waals surface area contributed by atoms with E-state index in [1.807, 2.05) is 0 Å². The van der Waals surface area contributed by atoms with Gasteiger partial charge in [0.2, 0.25) is 0 Å². The van der Waals surface area contributed by atoms with Crippen LogP contribution in [0.15, 0.2) is 0 Å². The maximum absolute atomic E-state index is 11.2. The molecular weight excluding hydrogens is 279 g/mol. The van der Waals surface area contributed by atoms with Gasteiger partial charge in [-0.2, -0.15) is 8.42 Å². The summed E-state index contributed by atoms with van der Waals surface area (Å²) in [5.74, 6) is -1.26. The van der Waals surface area contributed by atoms with Gasteiger partial charge in [-0.05, 0) is 6.42 Å². The largest absolute Gasteiger partial charge is 1.00 e. The monoisotopic (exact) mass is 304 g/mol. The minimum absolute atomic E-state index is 0. The van der Waals surface area contributed by atoms with E-state index in [9.17, 15) is 13.2 Å². The number of rotatable bonds is 11. The first-order chi connectivity index (χ1) is 8.52. The molecule has 5 nitrogen and oxygen atoms in total. The van der Waals surface area contributed by atoms with Crippen LogP contribution >= 0.6 is 0 Å². The molecule has 7 heteroatoms. The molecule has 0 unspecified atom stereocenters. The zero-order chi connectivity index (χ0) is 13.9. The molecule has 0 aromatic rings. The molecule has 0 aliphatic heterocycles. The molecule has 0 radical (unpaired) electrons. The van der Waals surface area contributed by atoms with Crippen molar-refractivity contribution in [1.82, 2.24) is 0 Å². The van der Waals surface area contributed by atoms with Gasteiger partial charge in [-0.15, -0.1) is 0 Å². The van der Waals surface area contributed by atoms with Gasteiger partial charge in [0.25, 0.3) is 0 Å². The average molecular weight is 304 g/mol. The van der Waals surface area contributed by atoms with Gasteiger partial charge in [-0.3, -0.25) is 4.79 Å². The van der Waals surface area contributed by atoms with E-state index in [0.717, 1.165) is 19.3 Å². The molecule has 0 aliphatic carbocycles. The quantitative estimate of drug-likeness (QED) is 0.304. The zero-order valence-corrected chi connectivity index (χ0v) is 14.9. The fourth-order valence-electron chi connectivity index (χ4n) is 1.56. The summed E-state index contributed by atoms with van der Waals surface area (Å²) in [6.07, 6.45) is 7.57. The van der Waals surface area contributed by atoms with Gasteiger partial charge >= 0.3 is 45.6 Å². The van der Waals surface area contributed by atoms with Crippen LogP contribution in [-0.2, 0) is 19.1 Å². The second-order valence-corrected chi connectivity index (χ2v) is 6.00. The van der Waals surface area contributed by atoms with Crippen molar-refractivity contribution in [3.63, 3.8) is 0 Å². The van der Waals surface area contributed by atoms with Crippen LogP contribution in [0, 0.1) is 0 Å². The molecular formula is C12H25NaO5S. The van der Waals surface area contributed by atoms with Crippen molar-refractivity contribution in [2.24, 2.45) is 0 Å². The molecule has 0 amide bonds. The molecule has 0 rings (SSSR count). The molecule has 1 N–H and O–H groups in total. The molecule has 0 aromatic carbocycles. The summed E-state index contributed by atoms with van der Waals surface area (Å²) in [6, 6.07) is 0. The standard InChI is InChI=1S/C12H24O5S.Na.H/c1-2-3-4-5-6-7-8-9-12(14)17-18(15,16)11-10-13;;/h13H,2-11H2,1H3;;/q;+1;-1. The van der Waals surface area contributed by atoms with Crippen molar-refractivity contribution in [3.8, 4) is 0 Å². The number of aliphatic hydroxyl groups is 1. The Hall–Kier alpha value is 0.380. The Bertz CT molecular complexity index is 322. The molecule has 0 spiro atoms. The van der Waals surface area contributed by atoms with Crippen molar-refractivity contribution >= 4 is 16.1 Å². The number of hydrogen-bond donors (Lipinski definition) is 1. The first kappa shape index (κ1) is 21.7.